The number of H-pyrrole nitrogens is 1. The van der Waals surface area contributed by atoms with Gasteiger partial charge in [-0.15, -0.1) is 0 Å². The van der Waals surface area contributed by atoms with Crippen LogP contribution in [-0.4, -0.2) is 71.5 Å². The summed E-state index contributed by atoms with van der Waals surface area (Å²) in [4.78, 5) is 30.0. The first-order chi connectivity index (χ1) is 25.4. The van der Waals surface area contributed by atoms with Crippen molar-refractivity contribution in [3.63, 3.8) is 0 Å². The molecule has 1 aromatic heterocycles. The molecule has 2 bridgehead atoms. The van der Waals surface area contributed by atoms with Gasteiger partial charge < -0.3 is 30.0 Å². The van der Waals surface area contributed by atoms with Gasteiger partial charge in [-0.05, 0) is 98.6 Å². The Balaban J connectivity index is 0.879. The predicted octanol–water partition coefficient (Wildman–Crippen LogP) is 7.13. The smallest absolute Gasteiger partial charge is 0.307 e. The number of phenolic OH excluding ortho intramolecular Hbond substituents is 1. The van der Waals surface area contributed by atoms with E-state index in [1.807, 2.05) is 18.2 Å². The van der Waals surface area contributed by atoms with E-state index in [0.29, 0.717) is 42.0 Å². The highest BCUT2D eigenvalue weighted by atomic mass is 16.5. The normalized spacial score (nSPS) is 19.4. The van der Waals surface area contributed by atoms with Crippen LogP contribution >= 0.6 is 0 Å². The largest absolute Gasteiger partial charge is 0.506 e. The van der Waals surface area contributed by atoms with Crippen molar-refractivity contribution in [2.24, 2.45) is 5.92 Å². The Morgan fingerprint density at radius 1 is 0.923 bits per heavy atom. The maximum atomic E-state index is 13.3. The molecule has 3 atom stereocenters. The van der Waals surface area contributed by atoms with Crippen LogP contribution in [-0.2, 0) is 9.53 Å². The number of aromatic hydroxyl groups is 1. The molecule has 1 unspecified atom stereocenters. The summed E-state index contributed by atoms with van der Waals surface area (Å²) in [5.74, 6) is 1.16. The molecule has 3 aliphatic rings. The Kier molecular flexibility index (Phi) is 13.4. The molecule has 4 aromatic rings. The second kappa shape index (κ2) is 18.5. The number of ether oxygens (including phenoxy) is 2. The molecule has 3 aromatic carbocycles. The standard InChI is InChI=1S/C43H55N3O6/c1-30-14-15-33(36(31-12-8-7-9-13-31)27-42(50)52-40-29-46-23-20-32(40)21-24-46)26-39(30)51-25-11-6-4-2-3-5-10-22-44-28-38(48)34-16-18-37(47)43-35(34)17-19-41(49)45-43/h7-9,12-19,26,32,36,38,40,44,47-48H,2-6,10-11,20-25,27-29H2,1H3,(H,45,49)/t36?,38-,40-/m0/s1. The molecular formula is C43H55N3O6. The van der Waals surface area contributed by atoms with Crippen molar-refractivity contribution < 1.29 is 24.5 Å². The number of piperidine rings is 3. The molecule has 3 aliphatic heterocycles. The average Bonchev–Trinajstić information content (AvgIpc) is 3.16. The van der Waals surface area contributed by atoms with E-state index < -0.39 is 6.10 Å². The summed E-state index contributed by atoms with van der Waals surface area (Å²) in [5, 5.41) is 24.8. The number of benzene rings is 3. The molecule has 0 radical (unpaired) electrons. The molecule has 52 heavy (non-hydrogen) atoms. The lowest BCUT2D eigenvalue weighted by Crippen LogP contribution is -2.52. The van der Waals surface area contributed by atoms with Crippen LogP contribution in [0.2, 0.25) is 0 Å². The number of esters is 1. The molecule has 278 valence electrons. The zero-order chi connectivity index (χ0) is 36.3. The van der Waals surface area contributed by atoms with Crippen molar-refractivity contribution in [2.75, 3.05) is 39.3 Å². The fourth-order valence-electron chi connectivity index (χ4n) is 7.85. The molecule has 9 heteroatoms. The first-order valence-corrected chi connectivity index (χ1v) is 19.3. The summed E-state index contributed by atoms with van der Waals surface area (Å²) in [5.41, 5.74) is 4.02. The van der Waals surface area contributed by atoms with Gasteiger partial charge in [-0.2, -0.15) is 0 Å². The number of carbonyl (C=O) groups excluding carboxylic acids is 1. The number of aromatic nitrogens is 1. The highest BCUT2D eigenvalue weighted by Crippen LogP contribution is 2.35. The molecule has 9 nitrogen and oxygen atoms in total. The number of fused-ring (bicyclic) bond motifs is 4. The van der Waals surface area contributed by atoms with Gasteiger partial charge in [-0.1, -0.05) is 80.6 Å². The summed E-state index contributed by atoms with van der Waals surface area (Å²) in [6.07, 6.45) is 9.65. The van der Waals surface area contributed by atoms with E-state index in [1.54, 1.807) is 12.1 Å². The predicted molar refractivity (Wildman–Crippen MR) is 205 cm³/mol. The van der Waals surface area contributed by atoms with Gasteiger partial charge in [0.15, 0.2) is 0 Å². The molecular weight excluding hydrogens is 654 g/mol. The van der Waals surface area contributed by atoms with Crippen molar-refractivity contribution in [3.05, 3.63) is 105 Å². The Hall–Kier alpha value is -4.18. The topological polar surface area (TPSA) is 124 Å². The second-order valence-electron chi connectivity index (χ2n) is 14.7. The Bertz CT molecular complexity index is 1800. The van der Waals surface area contributed by atoms with E-state index in [-0.39, 0.29) is 29.3 Å². The number of phenols is 1. The van der Waals surface area contributed by atoms with Gasteiger partial charge in [0.2, 0.25) is 5.56 Å². The zero-order valence-corrected chi connectivity index (χ0v) is 30.5. The van der Waals surface area contributed by atoms with E-state index in [4.69, 9.17) is 9.47 Å². The Morgan fingerprint density at radius 3 is 2.42 bits per heavy atom. The van der Waals surface area contributed by atoms with E-state index in [2.05, 4.69) is 52.5 Å². The van der Waals surface area contributed by atoms with Gasteiger partial charge in [0.05, 0.1) is 24.6 Å². The van der Waals surface area contributed by atoms with Crippen LogP contribution < -0.4 is 15.6 Å². The first-order valence-electron chi connectivity index (χ1n) is 19.3. The molecule has 4 N–H and O–H groups in total. The number of carbonyl (C=O) groups is 1. The number of nitrogens with one attached hydrogen (secondary N) is 2. The minimum Gasteiger partial charge on any atom is -0.506 e. The quantitative estimate of drug-likeness (QED) is 0.0599. The summed E-state index contributed by atoms with van der Waals surface area (Å²) < 4.78 is 12.4. The Morgan fingerprint density at radius 2 is 1.67 bits per heavy atom. The fourth-order valence-corrected chi connectivity index (χ4v) is 7.85. The molecule has 7 rings (SSSR count). The lowest BCUT2D eigenvalue weighted by atomic mass is 9.85. The van der Waals surface area contributed by atoms with Gasteiger partial charge in [0, 0.05) is 30.5 Å². The molecule has 0 spiro atoms. The number of hydrogen-bond donors (Lipinski definition) is 4. The van der Waals surface area contributed by atoms with Crippen molar-refractivity contribution in [2.45, 2.75) is 89.3 Å². The summed E-state index contributed by atoms with van der Waals surface area (Å²) >= 11 is 0. The van der Waals surface area contributed by atoms with Crippen LogP contribution in [0.15, 0.2) is 77.6 Å². The van der Waals surface area contributed by atoms with Crippen molar-refractivity contribution in [3.8, 4) is 11.5 Å². The van der Waals surface area contributed by atoms with Gasteiger partial charge >= 0.3 is 5.97 Å². The molecule has 0 amide bonds. The van der Waals surface area contributed by atoms with E-state index in [0.717, 1.165) is 87.1 Å². The summed E-state index contributed by atoms with van der Waals surface area (Å²) in [6.45, 7) is 7.09. The van der Waals surface area contributed by atoms with Gasteiger partial charge in [0.25, 0.3) is 0 Å². The van der Waals surface area contributed by atoms with Crippen molar-refractivity contribution >= 4 is 16.9 Å². The Labute approximate surface area is 307 Å². The van der Waals surface area contributed by atoms with Gasteiger partial charge in [0.1, 0.15) is 17.6 Å². The van der Waals surface area contributed by atoms with Gasteiger partial charge in [-0.3, -0.25) is 14.5 Å². The summed E-state index contributed by atoms with van der Waals surface area (Å²) in [7, 11) is 0. The molecule has 0 aliphatic carbocycles. The van der Waals surface area contributed by atoms with Crippen LogP contribution in [0.4, 0.5) is 0 Å². The van der Waals surface area contributed by atoms with Crippen LogP contribution in [0, 0.1) is 12.8 Å². The number of pyridine rings is 1. The first kappa shape index (κ1) is 37.6. The minimum absolute atomic E-state index is 0.00674. The van der Waals surface area contributed by atoms with Crippen LogP contribution in [0.25, 0.3) is 10.9 Å². The fraction of sp³-hybridized carbons (Fsp3) is 0.488. The maximum Gasteiger partial charge on any atom is 0.307 e. The highest BCUT2D eigenvalue weighted by Gasteiger charge is 2.37. The number of aromatic amines is 1. The van der Waals surface area contributed by atoms with E-state index >= 15 is 0 Å². The number of aliphatic hydroxyl groups excluding tert-OH is 1. The van der Waals surface area contributed by atoms with E-state index in [1.165, 1.54) is 31.4 Å². The van der Waals surface area contributed by atoms with Crippen LogP contribution in [0.1, 0.15) is 98.5 Å². The molecule has 4 heterocycles. The molecule has 3 fully saturated rings. The third-order valence-electron chi connectivity index (χ3n) is 10.9. The zero-order valence-electron chi connectivity index (χ0n) is 30.5. The molecule has 3 saturated heterocycles. The minimum atomic E-state index is -0.740. The average molecular weight is 710 g/mol. The van der Waals surface area contributed by atoms with Crippen LogP contribution in [0.5, 0.6) is 11.5 Å². The second-order valence-corrected chi connectivity index (χ2v) is 14.7. The SMILES string of the molecule is Cc1ccc(C(CC(=O)O[C@H]2CN3CCC2CC3)c2ccccc2)cc1OCCCCCCCCCNC[C@H](O)c1ccc(O)c2[nH]c(=O)ccc12. The van der Waals surface area contributed by atoms with E-state index in [9.17, 15) is 19.8 Å². The third kappa shape index (κ3) is 10.0. The number of aryl methyl sites for hydroxylation is 1. The van der Waals surface area contributed by atoms with Crippen molar-refractivity contribution in [1.82, 2.24) is 15.2 Å². The maximum absolute atomic E-state index is 13.3. The lowest BCUT2D eigenvalue weighted by molar-refractivity contribution is -0.159. The van der Waals surface area contributed by atoms with Crippen LogP contribution in [0.3, 0.4) is 0 Å². The monoisotopic (exact) mass is 709 g/mol. The van der Waals surface area contributed by atoms with Crippen molar-refractivity contribution in [1.29, 1.82) is 0 Å². The number of nitrogens with zero attached hydrogens (tertiary/aromatic N) is 1. The third-order valence-corrected chi connectivity index (χ3v) is 10.9. The van der Waals surface area contributed by atoms with Gasteiger partial charge in [-0.25, -0.2) is 0 Å². The number of aliphatic hydroxyl groups is 1. The molecule has 0 saturated carbocycles. The lowest BCUT2D eigenvalue weighted by Gasteiger charge is -2.44. The highest BCUT2D eigenvalue weighted by molar-refractivity contribution is 5.87. The number of unbranched alkanes of at least 4 members (excludes halogenated alkanes) is 6. The summed E-state index contributed by atoms with van der Waals surface area (Å²) in [6, 6.07) is 22.9. The number of rotatable bonds is 19. The number of hydrogen-bond acceptors (Lipinski definition) is 8.